The molecule has 2 aromatic heterocycles. The van der Waals surface area contributed by atoms with Crippen LogP contribution < -0.4 is 16.6 Å². The van der Waals surface area contributed by atoms with Crippen LogP contribution in [0.3, 0.4) is 0 Å². The smallest absolute Gasteiger partial charge is 0.323 e. The predicted molar refractivity (Wildman–Crippen MR) is 79.5 cm³/mol. The first-order chi connectivity index (χ1) is 10.1. The minimum Gasteiger partial charge on any atom is -0.323 e. The first-order valence-electron chi connectivity index (χ1n) is 7.13. The Hall–Kier alpha value is -1.93. The van der Waals surface area contributed by atoms with Crippen molar-refractivity contribution in [2.24, 2.45) is 14.1 Å². The van der Waals surface area contributed by atoms with E-state index in [1.54, 1.807) is 13.4 Å². The minimum absolute atomic E-state index is 0.286. The highest BCUT2D eigenvalue weighted by Gasteiger charge is 2.15. The number of rotatable bonds is 3. The van der Waals surface area contributed by atoms with Gasteiger partial charge in [-0.25, -0.2) is 9.78 Å². The van der Waals surface area contributed by atoms with Gasteiger partial charge in [0.15, 0.2) is 11.2 Å². The molecule has 0 aliphatic carbocycles. The fraction of sp³-hybridized carbons (Fsp3) is 0.615. The normalized spacial score (nSPS) is 16.7. The second kappa shape index (κ2) is 5.45. The van der Waals surface area contributed by atoms with Crippen LogP contribution in [0.25, 0.3) is 11.2 Å². The van der Waals surface area contributed by atoms with Gasteiger partial charge in [0.2, 0.25) is 0 Å². The maximum atomic E-state index is 12.3. The Morgan fingerprint density at radius 2 is 1.86 bits per heavy atom. The molecule has 0 amide bonds. The molecule has 3 heterocycles. The number of hydrogen-bond donors (Lipinski definition) is 1. The third-order valence-electron chi connectivity index (χ3n) is 4.08. The summed E-state index contributed by atoms with van der Waals surface area (Å²) in [7, 11) is 3.13. The molecule has 21 heavy (non-hydrogen) atoms. The van der Waals surface area contributed by atoms with Crippen LogP contribution in [0.2, 0.25) is 0 Å². The monoisotopic (exact) mass is 292 g/mol. The van der Waals surface area contributed by atoms with E-state index in [-0.39, 0.29) is 11.2 Å². The molecule has 0 saturated carbocycles. The predicted octanol–water partition coefficient (Wildman–Crippen LogP) is -1.66. The van der Waals surface area contributed by atoms with Crippen LogP contribution in [0.1, 0.15) is 0 Å². The van der Waals surface area contributed by atoms with Crippen molar-refractivity contribution in [1.82, 2.24) is 28.9 Å². The van der Waals surface area contributed by atoms with Crippen molar-refractivity contribution < 1.29 is 0 Å². The lowest BCUT2D eigenvalue weighted by Gasteiger charge is -2.27. The number of nitrogens with one attached hydrogen (secondary N) is 1. The van der Waals surface area contributed by atoms with E-state index < -0.39 is 0 Å². The van der Waals surface area contributed by atoms with E-state index in [2.05, 4.69) is 15.2 Å². The highest BCUT2D eigenvalue weighted by molar-refractivity contribution is 5.69. The van der Waals surface area contributed by atoms with Crippen LogP contribution in [-0.2, 0) is 20.6 Å². The third kappa shape index (κ3) is 2.40. The van der Waals surface area contributed by atoms with Gasteiger partial charge in [-0.05, 0) is 0 Å². The maximum absolute atomic E-state index is 12.3. The Balaban J connectivity index is 1.93. The summed E-state index contributed by atoms with van der Waals surface area (Å²) in [6, 6.07) is 0. The summed E-state index contributed by atoms with van der Waals surface area (Å²) in [5, 5.41) is 3.32. The average Bonchev–Trinajstić information content (AvgIpc) is 2.94. The van der Waals surface area contributed by atoms with Crippen molar-refractivity contribution >= 4 is 11.2 Å². The number of aryl methyl sites for hydroxylation is 1. The summed E-state index contributed by atoms with van der Waals surface area (Å²) in [5.41, 5.74) is 0.309. The number of aromatic nitrogens is 4. The van der Waals surface area contributed by atoms with Crippen LogP contribution in [0.5, 0.6) is 0 Å². The molecule has 3 rings (SSSR count). The largest absolute Gasteiger partial charge is 0.332 e. The lowest BCUT2D eigenvalue weighted by atomic mass is 10.3. The molecule has 1 aliphatic heterocycles. The van der Waals surface area contributed by atoms with Gasteiger partial charge in [0.25, 0.3) is 5.56 Å². The number of hydrogen-bond acceptors (Lipinski definition) is 5. The Bertz CT molecular complexity index is 765. The Morgan fingerprint density at radius 3 is 2.57 bits per heavy atom. The topological polar surface area (TPSA) is 77.1 Å². The molecule has 1 aliphatic rings. The van der Waals surface area contributed by atoms with Gasteiger partial charge in [0, 0.05) is 53.4 Å². The number of fused-ring (bicyclic) bond motifs is 1. The van der Waals surface area contributed by atoms with E-state index in [9.17, 15) is 9.59 Å². The highest BCUT2D eigenvalue weighted by Crippen LogP contribution is 2.05. The third-order valence-corrected chi connectivity index (χ3v) is 4.08. The first kappa shape index (κ1) is 14.0. The van der Waals surface area contributed by atoms with Crippen molar-refractivity contribution in [3.05, 3.63) is 27.2 Å². The quantitative estimate of drug-likeness (QED) is 0.733. The molecule has 8 nitrogen and oxygen atoms in total. The molecule has 0 spiro atoms. The van der Waals surface area contributed by atoms with Crippen LogP contribution in [0.15, 0.2) is 15.9 Å². The summed E-state index contributed by atoms with van der Waals surface area (Å²) < 4.78 is 4.39. The highest BCUT2D eigenvalue weighted by atomic mass is 16.2. The zero-order valence-corrected chi connectivity index (χ0v) is 12.4. The van der Waals surface area contributed by atoms with Crippen molar-refractivity contribution in [2.75, 3.05) is 32.7 Å². The summed E-state index contributed by atoms with van der Waals surface area (Å²) in [6.45, 7) is 5.61. The lowest BCUT2D eigenvalue weighted by molar-refractivity contribution is 0.233. The number of imidazole rings is 1. The van der Waals surface area contributed by atoms with E-state index >= 15 is 0 Å². The Kier molecular flexibility index (Phi) is 3.64. The van der Waals surface area contributed by atoms with Gasteiger partial charge in [-0.3, -0.25) is 18.8 Å². The van der Waals surface area contributed by atoms with E-state index in [1.807, 2.05) is 4.57 Å². The van der Waals surface area contributed by atoms with Gasteiger partial charge in [-0.15, -0.1) is 0 Å². The van der Waals surface area contributed by atoms with Crippen molar-refractivity contribution in [2.45, 2.75) is 6.54 Å². The molecular weight excluding hydrogens is 272 g/mol. The fourth-order valence-corrected chi connectivity index (χ4v) is 2.75. The minimum atomic E-state index is -0.347. The second-order valence-electron chi connectivity index (χ2n) is 5.41. The fourth-order valence-electron chi connectivity index (χ4n) is 2.75. The number of piperazine rings is 1. The SMILES string of the molecule is Cn1c(=O)c2c(ncn2CCN2CCNCC2)n(C)c1=O. The van der Waals surface area contributed by atoms with E-state index in [0.29, 0.717) is 17.7 Å². The molecule has 0 atom stereocenters. The molecule has 0 unspecified atom stereocenters. The second-order valence-corrected chi connectivity index (χ2v) is 5.41. The summed E-state index contributed by atoms with van der Waals surface area (Å²) in [5.74, 6) is 0. The van der Waals surface area contributed by atoms with Crippen LogP contribution in [0, 0.1) is 0 Å². The molecule has 8 heteroatoms. The Morgan fingerprint density at radius 1 is 1.14 bits per heavy atom. The average molecular weight is 292 g/mol. The number of nitrogens with zero attached hydrogens (tertiary/aromatic N) is 5. The van der Waals surface area contributed by atoms with Gasteiger partial charge >= 0.3 is 5.69 Å². The van der Waals surface area contributed by atoms with Gasteiger partial charge in [-0.1, -0.05) is 0 Å². The van der Waals surface area contributed by atoms with E-state index in [4.69, 9.17) is 0 Å². The first-order valence-corrected chi connectivity index (χ1v) is 7.13. The standard InChI is InChI=1S/C13H20N6O2/c1-16-11-10(12(20)17(2)13(16)21)19(9-15-11)8-7-18-5-3-14-4-6-18/h9,14H,3-8H2,1-2H3. The van der Waals surface area contributed by atoms with Crippen molar-refractivity contribution in [1.29, 1.82) is 0 Å². The Labute approximate surface area is 121 Å². The van der Waals surface area contributed by atoms with Gasteiger partial charge in [0.1, 0.15) is 0 Å². The van der Waals surface area contributed by atoms with Crippen LogP contribution >= 0.6 is 0 Å². The molecule has 2 aromatic rings. The van der Waals surface area contributed by atoms with Crippen LogP contribution in [-0.4, -0.2) is 56.3 Å². The molecular formula is C13H20N6O2. The van der Waals surface area contributed by atoms with E-state index in [0.717, 1.165) is 37.3 Å². The van der Waals surface area contributed by atoms with Crippen LogP contribution in [0.4, 0.5) is 0 Å². The van der Waals surface area contributed by atoms with Gasteiger partial charge in [0.05, 0.1) is 6.33 Å². The van der Waals surface area contributed by atoms with Gasteiger partial charge < -0.3 is 9.88 Å². The molecule has 0 radical (unpaired) electrons. The molecule has 1 saturated heterocycles. The zero-order valence-electron chi connectivity index (χ0n) is 12.4. The maximum Gasteiger partial charge on any atom is 0.332 e. The van der Waals surface area contributed by atoms with Gasteiger partial charge in [-0.2, -0.15) is 0 Å². The molecule has 114 valence electrons. The molecule has 0 aromatic carbocycles. The summed E-state index contributed by atoms with van der Waals surface area (Å²) in [4.78, 5) is 30.8. The summed E-state index contributed by atoms with van der Waals surface area (Å²) >= 11 is 0. The molecule has 0 bridgehead atoms. The molecule has 1 fully saturated rings. The lowest BCUT2D eigenvalue weighted by Crippen LogP contribution is -2.44. The summed E-state index contributed by atoms with van der Waals surface area (Å²) in [6.07, 6.45) is 1.65. The zero-order chi connectivity index (χ0) is 15.0. The van der Waals surface area contributed by atoms with Crippen molar-refractivity contribution in [3.63, 3.8) is 0 Å². The van der Waals surface area contributed by atoms with Crippen molar-refractivity contribution in [3.8, 4) is 0 Å². The molecule has 1 N–H and O–H groups in total. The van der Waals surface area contributed by atoms with E-state index in [1.165, 1.54) is 11.6 Å².